The minimum Gasteiger partial charge on any atom is -0.497 e. The number of thiazole rings is 1. The predicted octanol–water partition coefficient (Wildman–Crippen LogP) is 4.96. The summed E-state index contributed by atoms with van der Waals surface area (Å²) in [6, 6.07) is 12.6. The highest BCUT2D eigenvalue weighted by Gasteiger charge is 2.32. The van der Waals surface area contributed by atoms with E-state index in [2.05, 4.69) is 26.2 Å². The SMILES string of the molecule is COc1ccc(OC)c(Cc2csc(N3CCC(S(=O)(=O)c4ccc(Br)cc4)CC3)n2)c1. The molecule has 1 saturated heterocycles. The van der Waals surface area contributed by atoms with Gasteiger partial charge >= 0.3 is 0 Å². The van der Waals surface area contributed by atoms with Crippen LogP contribution in [0.1, 0.15) is 24.1 Å². The molecule has 0 bridgehead atoms. The van der Waals surface area contributed by atoms with Crippen LogP contribution in [0.2, 0.25) is 0 Å². The third-order valence-electron chi connectivity index (χ3n) is 5.69. The van der Waals surface area contributed by atoms with E-state index in [4.69, 9.17) is 14.5 Å². The number of methoxy groups -OCH3 is 2. The van der Waals surface area contributed by atoms with Crippen LogP contribution < -0.4 is 14.4 Å². The van der Waals surface area contributed by atoms with Gasteiger partial charge in [-0.3, -0.25) is 0 Å². The minimum atomic E-state index is -3.32. The van der Waals surface area contributed by atoms with Gasteiger partial charge in [0.15, 0.2) is 15.0 Å². The molecule has 0 atom stereocenters. The number of nitrogens with zero attached hydrogens (tertiary/aromatic N) is 2. The largest absolute Gasteiger partial charge is 0.497 e. The number of aromatic nitrogens is 1. The molecule has 170 valence electrons. The molecule has 0 saturated carbocycles. The van der Waals surface area contributed by atoms with Crippen LogP contribution in [0, 0.1) is 0 Å². The molecule has 2 heterocycles. The Balaban J connectivity index is 1.42. The summed E-state index contributed by atoms with van der Waals surface area (Å²) in [6.45, 7) is 1.35. The molecule has 4 rings (SSSR count). The molecule has 0 unspecified atom stereocenters. The standard InChI is InChI=1S/C23H25BrN2O4S2/c1-29-19-5-8-22(30-2)16(14-19)13-18-15-31-23(25-18)26-11-9-21(10-12-26)32(27,28)20-6-3-17(24)4-7-20/h3-8,14-15,21H,9-13H2,1-2H3. The fraction of sp³-hybridized carbons (Fsp3) is 0.348. The molecule has 0 amide bonds. The average Bonchev–Trinajstić information content (AvgIpc) is 3.28. The van der Waals surface area contributed by atoms with Gasteiger partial charge in [0.05, 0.1) is 30.1 Å². The van der Waals surface area contributed by atoms with E-state index in [1.165, 1.54) is 0 Å². The van der Waals surface area contributed by atoms with Crippen LogP contribution in [0.4, 0.5) is 5.13 Å². The van der Waals surface area contributed by atoms with Crippen molar-refractivity contribution in [1.82, 2.24) is 4.98 Å². The number of hydrogen-bond acceptors (Lipinski definition) is 7. The third-order valence-corrected chi connectivity index (χ3v) is 9.45. The van der Waals surface area contributed by atoms with Crippen molar-refractivity contribution >= 4 is 42.2 Å². The molecule has 3 aromatic rings. The highest BCUT2D eigenvalue weighted by atomic mass is 79.9. The Labute approximate surface area is 201 Å². The molecule has 0 aliphatic carbocycles. The topological polar surface area (TPSA) is 68.7 Å². The van der Waals surface area contributed by atoms with Gasteiger partial charge in [-0.25, -0.2) is 13.4 Å². The highest BCUT2D eigenvalue weighted by Crippen LogP contribution is 2.31. The van der Waals surface area contributed by atoms with Crippen molar-refractivity contribution in [2.75, 3.05) is 32.2 Å². The summed E-state index contributed by atoms with van der Waals surface area (Å²) in [6.07, 6.45) is 1.83. The second kappa shape index (κ2) is 9.80. The molecule has 0 spiro atoms. The molecule has 6 nitrogen and oxygen atoms in total. The van der Waals surface area contributed by atoms with Gasteiger partial charge in [-0.05, 0) is 55.3 Å². The van der Waals surface area contributed by atoms with E-state index >= 15 is 0 Å². The Morgan fingerprint density at radius 1 is 1.09 bits per heavy atom. The summed E-state index contributed by atoms with van der Waals surface area (Å²) >= 11 is 4.95. The molecular formula is C23H25BrN2O4S2. The molecule has 32 heavy (non-hydrogen) atoms. The van der Waals surface area contributed by atoms with E-state index in [0.29, 0.717) is 37.2 Å². The third kappa shape index (κ3) is 4.94. The van der Waals surface area contributed by atoms with Gasteiger partial charge in [0.25, 0.3) is 0 Å². The zero-order valence-electron chi connectivity index (χ0n) is 18.0. The second-order valence-electron chi connectivity index (χ2n) is 7.66. The summed E-state index contributed by atoms with van der Waals surface area (Å²) in [5.74, 6) is 1.59. The number of benzene rings is 2. The summed E-state index contributed by atoms with van der Waals surface area (Å²) in [7, 11) is -0.0216. The first kappa shape index (κ1) is 23.1. The molecule has 2 aromatic carbocycles. The van der Waals surface area contributed by atoms with E-state index < -0.39 is 9.84 Å². The first-order valence-corrected chi connectivity index (χ1v) is 13.5. The van der Waals surface area contributed by atoms with E-state index in [1.807, 2.05) is 18.2 Å². The molecule has 1 fully saturated rings. The average molecular weight is 538 g/mol. The molecule has 1 aromatic heterocycles. The van der Waals surface area contributed by atoms with Crippen molar-refractivity contribution in [2.45, 2.75) is 29.4 Å². The van der Waals surface area contributed by atoms with E-state index in [0.717, 1.165) is 32.4 Å². The summed E-state index contributed by atoms with van der Waals surface area (Å²) in [5.41, 5.74) is 1.98. The Bertz CT molecular complexity index is 1170. The van der Waals surface area contributed by atoms with Crippen molar-refractivity contribution in [3.63, 3.8) is 0 Å². The number of piperidine rings is 1. The lowest BCUT2D eigenvalue weighted by Gasteiger charge is -2.31. The van der Waals surface area contributed by atoms with Gasteiger partial charge in [0.1, 0.15) is 11.5 Å². The lowest BCUT2D eigenvalue weighted by atomic mass is 10.1. The zero-order chi connectivity index (χ0) is 22.7. The smallest absolute Gasteiger partial charge is 0.185 e. The minimum absolute atomic E-state index is 0.361. The quantitative estimate of drug-likeness (QED) is 0.425. The number of ether oxygens (including phenoxy) is 2. The fourth-order valence-electron chi connectivity index (χ4n) is 3.91. The lowest BCUT2D eigenvalue weighted by molar-refractivity contribution is 0.399. The predicted molar refractivity (Wildman–Crippen MR) is 131 cm³/mol. The molecule has 0 radical (unpaired) electrons. The van der Waals surface area contributed by atoms with Crippen LogP contribution in [-0.2, 0) is 16.3 Å². The number of sulfone groups is 1. The van der Waals surface area contributed by atoms with Gasteiger partial charge in [-0.1, -0.05) is 15.9 Å². The Kier molecular flexibility index (Phi) is 7.07. The first-order valence-electron chi connectivity index (χ1n) is 10.3. The van der Waals surface area contributed by atoms with E-state index in [-0.39, 0.29) is 5.25 Å². The van der Waals surface area contributed by atoms with Gasteiger partial charge in [-0.2, -0.15) is 0 Å². The second-order valence-corrected chi connectivity index (χ2v) is 11.6. The number of hydrogen-bond donors (Lipinski definition) is 0. The van der Waals surface area contributed by atoms with Crippen molar-refractivity contribution in [1.29, 1.82) is 0 Å². The Morgan fingerprint density at radius 2 is 1.81 bits per heavy atom. The lowest BCUT2D eigenvalue weighted by Crippen LogP contribution is -2.39. The fourth-order valence-corrected chi connectivity index (χ4v) is 6.79. The van der Waals surface area contributed by atoms with Crippen LogP contribution >= 0.6 is 27.3 Å². The first-order chi connectivity index (χ1) is 15.4. The highest BCUT2D eigenvalue weighted by molar-refractivity contribution is 9.10. The van der Waals surface area contributed by atoms with E-state index in [9.17, 15) is 8.42 Å². The molecule has 9 heteroatoms. The summed E-state index contributed by atoms with van der Waals surface area (Å²) < 4.78 is 37.7. The number of rotatable bonds is 7. The maximum atomic E-state index is 13.0. The monoisotopic (exact) mass is 536 g/mol. The van der Waals surface area contributed by atoms with Crippen molar-refractivity contribution in [2.24, 2.45) is 0 Å². The molecule has 1 aliphatic rings. The van der Waals surface area contributed by atoms with Crippen molar-refractivity contribution in [3.05, 3.63) is 63.6 Å². The van der Waals surface area contributed by atoms with Gasteiger partial charge < -0.3 is 14.4 Å². The zero-order valence-corrected chi connectivity index (χ0v) is 21.2. The van der Waals surface area contributed by atoms with Crippen LogP contribution in [0.5, 0.6) is 11.5 Å². The maximum Gasteiger partial charge on any atom is 0.185 e. The van der Waals surface area contributed by atoms with Crippen molar-refractivity contribution in [3.8, 4) is 11.5 Å². The van der Waals surface area contributed by atoms with Gasteiger partial charge in [-0.15, -0.1) is 11.3 Å². The normalized spacial score (nSPS) is 15.0. The Hall–Kier alpha value is -2.10. The molecular weight excluding hydrogens is 512 g/mol. The molecule has 1 aliphatic heterocycles. The maximum absolute atomic E-state index is 13.0. The van der Waals surface area contributed by atoms with Gasteiger partial charge in [0.2, 0.25) is 0 Å². The number of anilines is 1. The Morgan fingerprint density at radius 3 is 2.47 bits per heavy atom. The van der Waals surface area contributed by atoms with E-state index in [1.54, 1.807) is 49.8 Å². The summed E-state index contributed by atoms with van der Waals surface area (Å²) in [4.78, 5) is 7.39. The molecule has 0 N–H and O–H groups in total. The van der Waals surface area contributed by atoms with Gasteiger partial charge in [0, 0.05) is 34.9 Å². The van der Waals surface area contributed by atoms with Crippen LogP contribution in [0.3, 0.4) is 0 Å². The van der Waals surface area contributed by atoms with Crippen LogP contribution in [0.25, 0.3) is 0 Å². The van der Waals surface area contributed by atoms with Crippen molar-refractivity contribution < 1.29 is 17.9 Å². The van der Waals surface area contributed by atoms with Crippen LogP contribution in [-0.4, -0.2) is 46.0 Å². The van der Waals surface area contributed by atoms with Crippen LogP contribution in [0.15, 0.2) is 57.2 Å². The summed E-state index contributed by atoms with van der Waals surface area (Å²) in [5, 5.41) is 2.63. The number of halogens is 1.